The van der Waals surface area contributed by atoms with Crippen LogP contribution in [0, 0.1) is 28.4 Å². The lowest BCUT2D eigenvalue weighted by Crippen LogP contribution is -2.52. The molecule has 1 aromatic heterocycles. The van der Waals surface area contributed by atoms with Gasteiger partial charge in [0.25, 0.3) is 17.5 Å². The van der Waals surface area contributed by atoms with E-state index in [9.17, 15) is 25.0 Å². The van der Waals surface area contributed by atoms with E-state index in [0.717, 1.165) is 24.7 Å². The molecule has 0 bridgehead atoms. The SMILES string of the molecule is Cc1c(C(=O)N(Cc2ccccc2C#N)c2ccc(OCOCC[Si](C)(C)C)cc2)cc(-c2cc([N+](=O)[O-])ccc2C(=O)N2Cc3ccccc3C[C@H]2CN2CCOCC2)n1C. The molecule has 2 aliphatic heterocycles. The Morgan fingerprint density at radius 1 is 0.952 bits per heavy atom. The van der Waals surface area contributed by atoms with Crippen LogP contribution in [0.5, 0.6) is 5.75 Å². The first-order valence-electron chi connectivity index (χ1n) is 21.0. The lowest BCUT2D eigenvalue weighted by Gasteiger charge is -2.40. The number of hydrogen-bond donors (Lipinski definition) is 0. The van der Waals surface area contributed by atoms with E-state index in [-0.39, 0.29) is 36.9 Å². The zero-order valence-electron chi connectivity index (χ0n) is 36.1. The third-order valence-electron chi connectivity index (χ3n) is 11.8. The Balaban J connectivity index is 1.23. The third kappa shape index (κ3) is 10.1. The number of rotatable bonds is 15. The van der Waals surface area contributed by atoms with E-state index in [1.54, 1.807) is 59.0 Å². The fourth-order valence-corrected chi connectivity index (χ4v) is 8.83. The van der Waals surface area contributed by atoms with Crippen LogP contribution in [0.3, 0.4) is 0 Å². The van der Waals surface area contributed by atoms with Crippen LogP contribution in [0.4, 0.5) is 11.4 Å². The van der Waals surface area contributed by atoms with Crippen LogP contribution < -0.4 is 9.64 Å². The minimum atomic E-state index is -1.24. The van der Waals surface area contributed by atoms with Crippen LogP contribution in [0.25, 0.3) is 11.3 Å². The zero-order valence-corrected chi connectivity index (χ0v) is 37.1. The Bertz CT molecular complexity index is 2470. The van der Waals surface area contributed by atoms with Crippen LogP contribution in [0.15, 0.2) is 97.1 Å². The second kappa shape index (κ2) is 19.3. The molecule has 2 amide bonds. The molecule has 7 rings (SSSR count). The van der Waals surface area contributed by atoms with E-state index in [1.165, 1.54) is 23.8 Å². The molecule has 1 saturated heterocycles. The quantitative estimate of drug-likeness (QED) is 0.0335. The summed E-state index contributed by atoms with van der Waals surface area (Å²) in [5.74, 6) is -0.0122. The van der Waals surface area contributed by atoms with Crippen molar-refractivity contribution >= 4 is 31.3 Å². The topological polar surface area (TPSA) is 143 Å². The fraction of sp³-hybridized carbons (Fsp3) is 0.354. The van der Waals surface area contributed by atoms with E-state index < -0.39 is 13.0 Å². The van der Waals surface area contributed by atoms with Crippen LogP contribution in [-0.2, 0) is 36.0 Å². The number of non-ortho nitro benzene ring substituents is 1. The molecular weight excluding hydrogens is 801 g/mol. The molecule has 62 heavy (non-hydrogen) atoms. The predicted molar refractivity (Wildman–Crippen MR) is 241 cm³/mol. The third-order valence-corrected chi connectivity index (χ3v) is 13.5. The van der Waals surface area contributed by atoms with Gasteiger partial charge in [-0.3, -0.25) is 24.6 Å². The molecule has 0 saturated carbocycles. The number of ether oxygens (including phenoxy) is 3. The summed E-state index contributed by atoms with van der Waals surface area (Å²) in [6, 6.07) is 31.6. The number of nitro benzene ring substituents is 1. The van der Waals surface area contributed by atoms with Gasteiger partial charge in [0.2, 0.25) is 0 Å². The number of amides is 2. The van der Waals surface area contributed by atoms with Gasteiger partial charge in [-0.15, -0.1) is 0 Å². The largest absolute Gasteiger partial charge is 0.468 e. The van der Waals surface area contributed by atoms with Crippen LogP contribution in [-0.4, -0.2) is 91.5 Å². The van der Waals surface area contributed by atoms with Crippen molar-refractivity contribution in [3.8, 4) is 23.1 Å². The Morgan fingerprint density at radius 3 is 2.37 bits per heavy atom. The summed E-state index contributed by atoms with van der Waals surface area (Å²) >= 11 is 0. The van der Waals surface area contributed by atoms with E-state index in [1.807, 2.05) is 42.2 Å². The van der Waals surface area contributed by atoms with Gasteiger partial charge in [0.05, 0.1) is 41.9 Å². The standard InChI is InChI=1S/C48H54N6O7Si/c1-34-44(48(56)52(31-38-13-9-7-11-36(38)29-49)39-14-17-42(18-15-39)61-33-60-24-25-62(3,4)5)28-46(50(34)2)45-27-40(54(57)58)16-19-43(45)47(55)53-30-37-12-8-6-10-35(37)26-41(53)32-51-20-22-59-23-21-51/h6-19,27-28,41H,20-26,30-33H2,1-5H3/t41-/m0/s1. The second-order valence-electron chi connectivity index (χ2n) is 17.2. The van der Waals surface area contributed by atoms with Crippen molar-refractivity contribution in [3.63, 3.8) is 0 Å². The maximum Gasteiger partial charge on any atom is 0.270 e. The number of nitriles is 1. The average Bonchev–Trinajstić information content (AvgIpc) is 3.57. The molecule has 0 spiro atoms. The van der Waals surface area contributed by atoms with Gasteiger partial charge in [0.15, 0.2) is 6.79 Å². The number of benzene rings is 4. The van der Waals surface area contributed by atoms with Gasteiger partial charge in [0, 0.05) is 94.3 Å². The van der Waals surface area contributed by atoms with E-state index >= 15 is 0 Å². The number of nitro groups is 1. The van der Waals surface area contributed by atoms with Crippen LogP contribution in [0.1, 0.15) is 48.7 Å². The zero-order chi connectivity index (χ0) is 44.0. The van der Waals surface area contributed by atoms with E-state index in [2.05, 4.69) is 36.7 Å². The Kier molecular flexibility index (Phi) is 13.7. The summed E-state index contributed by atoms with van der Waals surface area (Å²) in [6.45, 7) is 13.4. The van der Waals surface area contributed by atoms with Crippen molar-refractivity contribution in [2.24, 2.45) is 7.05 Å². The van der Waals surface area contributed by atoms with Gasteiger partial charge in [-0.2, -0.15) is 5.26 Å². The first-order chi connectivity index (χ1) is 29.8. The molecule has 2 aliphatic rings. The highest BCUT2D eigenvalue weighted by Crippen LogP contribution is 2.35. The van der Waals surface area contributed by atoms with Crippen molar-refractivity contribution in [3.05, 3.63) is 146 Å². The Morgan fingerprint density at radius 2 is 1.66 bits per heavy atom. The summed E-state index contributed by atoms with van der Waals surface area (Å²) in [5.41, 5.74) is 5.85. The highest BCUT2D eigenvalue weighted by atomic mass is 28.3. The van der Waals surface area contributed by atoms with Gasteiger partial charge in [-0.25, -0.2) is 0 Å². The fourth-order valence-electron chi connectivity index (χ4n) is 8.08. The molecule has 0 unspecified atom stereocenters. The summed E-state index contributed by atoms with van der Waals surface area (Å²) in [5, 5.41) is 22.2. The van der Waals surface area contributed by atoms with Crippen LogP contribution in [0.2, 0.25) is 25.7 Å². The van der Waals surface area contributed by atoms with Gasteiger partial charge in [-0.05, 0) is 78.5 Å². The molecule has 0 N–H and O–H groups in total. The molecule has 5 aromatic rings. The molecule has 4 aromatic carbocycles. The number of anilines is 1. The summed E-state index contributed by atoms with van der Waals surface area (Å²) in [6.07, 6.45) is 0.674. The Labute approximate surface area is 364 Å². The van der Waals surface area contributed by atoms with E-state index in [0.29, 0.717) is 90.0 Å². The van der Waals surface area contributed by atoms with Crippen LogP contribution >= 0.6 is 0 Å². The maximum atomic E-state index is 15.0. The molecule has 0 radical (unpaired) electrons. The number of hydrogen-bond acceptors (Lipinski definition) is 9. The monoisotopic (exact) mass is 854 g/mol. The minimum absolute atomic E-state index is 0.0910. The van der Waals surface area contributed by atoms with Crippen molar-refractivity contribution in [1.29, 1.82) is 5.26 Å². The lowest BCUT2D eigenvalue weighted by molar-refractivity contribution is -0.384. The second-order valence-corrected chi connectivity index (χ2v) is 22.8. The number of morpholine rings is 1. The number of fused-ring (bicyclic) bond motifs is 1. The molecule has 13 nitrogen and oxygen atoms in total. The molecular formula is C48H54N6O7Si. The predicted octanol–water partition coefficient (Wildman–Crippen LogP) is 8.22. The molecule has 1 atom stereocenters. The number of carbonyl (C=O) groups is 2. The first kappa shape index (κ1) is 44.0. The van der Waals surface area contributed by atoms with E-state index in [4.69, 9.17) is 14.2 Å². The molecule has 3 heterocycles. The number of nitrogens with zero attached hydrogens (tertiary/aromatic N) is 6. The molecule has 14 heteroatoms. The smallest absolute Gasteiger partial charge is 0.270 e. The summed E-state index contributed by atoms with van der Waals surface area (Å²) < 4.78 is 19.0. The normalized spacial score (nSPS) is 15.4. The number of aromatic nitrogens is 1. The van der Waals surface area contributed by atoms with Gasteiger partial charge >= 0.3 is 0 Å². The van der Waals surface area contributed by atoms with Crippen molar-refractivity contribution < 1.29 is 28.7 Å². The van der Waals surface area contributed by atoms with Crippen molar-refractivity contribution in [2.45, 2.75) is 58.2 Å². The molecule has 0 aliphatic carbocycles. The van der Waals surface area contributed by atoms with Crippen molar-refractivity contribution in [2.75, 3.05) is 51.1 Å². The first-order valence-corrected chi connectivity index (χ1v) is 24.8. The highest BCUT2D eigenvalue weighted by molar-refractivity contribution is 6.76. The lowest BCUT2D eigenvalue weighted by atomic mass is 9.92. The summed E-state index contributed by atoms with van der Waals surface area (Å²) in [7, 11) is 0.550. The molecule has 322 valence electrons. The summed E-state index contributed by atoms with van der Waals surface area (Å²) in [4.78, 5) is 47.5. The number of carbonyl (C=O) groups excluding carboxylic acids is 2. The Hall–Kier alpha value is -6.11. The average molecular weight is 855 g/mol. The van der Waals surface area contributed by atoms with Gasteiger partial charge in [0.1, 0.15) is 5.75 Å². The highest BCUT2D eigenvalue weighted by Gasteiger charge is 2.34. The minimum Gasteiger partial charge on any atom is -0.468 e. The maximum absolute atomic E-state index is 15.0. The van der Waals surface area contributed by atoms with Gasteiger partial charge in [-0.1, -0.05) is 62.1 Å². The van der Waals surface area contributed by atoms with Gasteiger partial charge < -0.3 is 28.6 Å². The van der Waals surface area contributed by atoms with Crippen molar-refractivity contribution in [1.82, 2.24) is 14.4 Å². The molecule has 1 fully saturated rings.